The zero-order valence-electron chi connectivity index (χ0n) is 17.6. The Bertz CT molecular complexity index is 632. The van der Waals surface area contributed by atoms with Crippen molar-refractivity contribution >= 4 is 29.9 Å². The molecule has 1 aromatic carbocycles. The molecule has 0 spiro atoms. The van der Waals surface area contributed by atoms with Gasteiger partial charge in [0.25, 0.3) is 0 Å². The Labute approximate surface area is 191 Å². The van der Waals surface area contributed by atoms with Crippen LogP contribution >= 0.6 is 24.0 Å². The number of nitrogens with zero attached hydrogens (tertiary/aromatic N) is 2. The highest BCUT2D eigenvalue weighted by atomic mass is 127. The molecule has 0 aliphatic carbocycles. The molecule has 2 heterocycles. The molecule has 0 saturated carbocycles. The van der Waals surface area contributed by atoms with Crippen LogP contribution in [0.5, 0.6) is 5.75 Å². The van der Waals surface area contributed by atoms with Crippen LogP contribution in [-0.4, -0.2) is 76.6 Å². The van der Waals surface area contributed by atoms with Gasteiger partial charge in [-0.2, -0.15) is 0 Å². The van der Waals surface area contributed by atoms with Gasteiger partial charge < -0.3 is 24.8 Å². The van der Waals surface area contributed by atoms with Gasteiger partial charge in [0.15, 0.2) is 5.96 Å². The largest absolute Gasteiger partial charge is 0.491 e. The van der Waals surface area contributed by atoms with E-state index in [-0.39, 0.29) is 30.1 Å². The Balaban J connectivity index is 0.00000300. The topological polar surface area (TPSA) is 67.4 Å². The Kier molecular flexibility index (Phi) is 11.0. The van der Waals surface area contributed by atoms with Crippen molar-refractivity contribution in [1.29, 1.82) is 0 Å². The lowest BCUT2D eigenvalue weighted by molar-refractivity contribution is 0.0389. The first-order valence-corrected chi connectivity index (χ1v) is 10.3. The van der Waals surface area contributed by atoms with Gasteiger partial charge in [-0.25, -0.2) is 0 Å². The van der Waals surface area contributed by atoms with Crippen LogP contribution in [0.15, 0.2) is 23.2 Å². The molecule has 1 unspecified atom stereocenters. The van der Waals surface area contributed by atoms with Crippen molar-refractivity contribution in [2.24, 2.45) is 4.99 Å². The minimum Gasteiger partial charge on any atom is -0.491 e. The SMILES string of the molecule is CN=C(NCCN1CCOCC1)NCc1ccc(C)cc1OCC1CCCO1.I. The van der Waals surface area contributed by atoms with Crippen molar-refractivity contribution in [2.45, 2.75) is 32.4 Å². The number of nitrogens with one attached hydrogen (secondary N) is 2. The van der Waals surface area contributed by atoms with E-state index >= 15 is 0 Å². The van der Waals surface area contributed by atoms with Crippen LogP contribution in [0.1, 0.15) is 24.0 Å². The number of benzene rings is 1. The van der Waals surface area contributed by atoms with E-state index in [1.807, 2.05) is 0 Å². The van der Waals surface area contributed by atoms with Crippen LogP contribution in [0, 0.1) is 6.92 Å². The highest BCUT2D eigenvalue weighted by molar-refractivity contribution is 14.0. The predicted octanol–water partition coefficient (Wildman–Crippen LogP) is 2.17. The quantitative estimate of drug-likeness (QED) is 0.313. The number of aliphatic imine (C=N–C) groups is 1. The van der Waals surface area contributed by atoms with E-state index in [1.54, 1.807) is 7.05 Å². The number of ether oxygens (including phenoxy) is 3. The molecule has 3 rings (SSSR count). The lowest BCUT2D eigenvalue weighted by Crippen LogP contribution is -2.44. The first-order chi connectivity index (χ1) is 13.7. The molecular formula is C21H35IN4O3. The van der Waals surface area contributed by atoms with Crippen LogP contribution in [0.4, 0.5) is 0 Å². The number of guanidine groups is 1. The van der Waals surface area contributed by atoms with E-state index in [1.165, 1.54) is 5.56 Å². The van der Waals surface area contributed by atoms with Crippen molar-refractivity contribution in [3.8, 4) is 5.75 Å². The van der Waals surface area contributed by atoms with Gasteiger partial charge in [-0.05, 0) is 31.4 Å². The lowest BCUT2D eigenvalue weighted by atomic mass is 10.1. The highest BCUT2D eigenvalue weighted by Crippen LogP contribution is 2.22. The summed E-state index contributed by atoms with van der Waals surface area (Å²) in [6.07, 6.45) is 2.43. The van der Waals surface area contributed by atoms with E-state index in [2.05, 4.69) is 45.6 Å². The first-order valence-electron chi connectivity index (χ1n) is 10.3. The monoisotopic (exact) mass is 518 g/mol. The fourth-order valence-electron chi connectivity index (χ4n) is 3.46. The third-order valence-corrected chi connectivity index (χ3v) is 5.17. The molecular weight excluding hydrogens is 483 g/mol. The molecule has 2 saturated heterocycles. The standard InChI is InChI=1S/C21H34N4O3.HI/c1-17-5-6-18(20(14-17)28-16-19-4-3-11-27-19)15-24-21(22-2)23-7-8-25-9-12-26-13-10-25;/h5-6,14,19H,3-4,7-13,15-16H2,1-2H3,(H2,22,23,24);1H. The van der Waals surface area contributed by atoms with Crippen molar-refractivity contribution < 1.29 is 14.2 Å². The van der Waals surface area contributed by atoms with E-state index in [0.29, 0.717) is 13.2 Å². The average molecular weight is 518 g/mol. The second kappa shape index (κ2) is 13.3. The van der Waals surface area contributed by atoms with Crippen LogP contribution in [0.3, 0.4) is 0 Å². The molecule has 7 nitrogen and oxygen atoms in total. The van der Waals surface area contributed by atoms with Gasteiger partial charge in [-0.3, -0.25) is 9.89 Å². The first kappa shape index (κ1) is 24.2. The van der Waals surface area contributed by atoms with Crippen LogP contribution in [0.25, 0.3) is 0 Å². The molecule has 1 aromatic rings. The minimum absolute atomic E-state index is 0. The molecule has 0 bridgehead atoms. The zero-order chi connectivity index (χ0) is 19.6. The Morgan fingerprint density at radius 1 is 1.24 bits per heavy atom. The second-order valence-corrected chi connectivity index (χ2v) is 7.36. The number of halogens is 1. The van der Waals surface area contributed by atoms with E-state index in [4.69, 9.17) is 14.2 Å². The predicted molar refractivity (Wildman–Crippen MR) is 127 cm³/mol. The Morgan fingerprint density at radius 2 is 2.07 bits per heavy atom. The number of hydrogen-bond donors (Lipinski definition) is 2. The summed E-state index contributed by atoms with van der Waals surface area (Å²) >= 11 is 0. The van der Waals surface area contributed by atoms with Crippen molar-refractivity contribution in [3.63, 3.8) is 0 Å². The summed E-state index contributed by atoms with van der Waals surface area (Å²) < 4.78 is 17.1. The Morgan fingerprint density at radius 3 is 2.79 bits per heavy atom. The molecule has 0 amide bonds. The summed E-state index contributed by atoms with van der Waals surface area (Å²) in [7, 11) is 1.80. The molecule has 2 fully saturated rings. The van der Waals surface area contributed by atoms with E-state index in [0.717, 1.165) is 76.1 Å². The molecule has 2 N–H and O–H groups in total. The van der Waals surface area contributed by atoms with Gasteiger partial charge >= 0.3 is 0 Å². The zero-order valence-corrected chi connectivity index (χ0v) is 19.9. The maximum Gasteiger partial charge on any atom is 0.191 e. The highest BCUT2D eigenvalue weighted by Gasteiger charge is 2.17. The molecule has 2 aliphatic heterocycles. The lowest BCUT2D eigenvalue weighted by Gasteiger charge is -2.26. The van der Waals surface area contributed by atoms with Gasteiger partial charge in [0.2, 0.25) is 0 Å². The summed E-state index contributed by atoms with van der Waals surface area (Å²) in [6.45, 7) is 9.72. The van der Waals surface area contributed by atoms with Crippen molar-refractivity contribution in [1.82, 2.24) is 15.5 Å². The summed E-state index contributed by atoms with van der Waals surface area (Å²) in [5.41, 5.74) is 2.32. The molecule has 2 aliphatic rings. The van der Waals surface area contributed by atoms with Gasteiger partial charge in [0.1, 0.15) is 12.4 Å². The molecule has 164 valence electrons. The minimum atomic E-state index is 0. The number of rotatable bonds is 8. The molecule has 0 radical (unpaired) electrons. The van der Waals surface area contributed by atoms with Crippen LogP contribution in [0.2, 0.25) is 0 Å². The maximum atomic E-state index is 6.08. The Hall–Kier alpha value is -1.10. The van der Waals surface area contributed by atoms with Gasteiger partial charge in [0.05, 0.1) is 19.3 Å². The van der Waals surface area contributed by atoms with Gasteiger partial charge in [-0.15, -0.1) is 24.0 Å². The molecule has 1 atom stereocenters. The number of hydrogen-bond acceptors (Lipinski definition) is 5. The van der Waals surface area contributed by atoms with Gasteiger partial charge in [-0.1, -0.05) is 12.1 Å². The summed E-state index contributed by atoms with van der Waals surface area (Å²) in [5.74, 6) is 1.73. The maximum absolute atomic E-state index is 6.08. The average Bonchev–Trinajstić information content (AvgIpc) is 3.24. The van der Waals surface area contributed by atoms with Gasteiger partial charge in [0, 0.05) is 51.9 Å². The smallest absolute Gasteiger partial charge is 0.191 e. The van der Waals surface area contributed by atoms with Crippen LogP contribution in [-0.2, 0) is 16.0 Å². The number of aryl methyl sites for hydroxylation is 1. The van der Waals surface area contributed by atoms with Crippen molar-refractivity contribution in [3.05, 3.63) is 29.3 Å². The third kappa shape index (κ3) is 8.27. The summed E-state index contributed by atoms with van der Waals surface area (Å²) in [5, 5.41) is 6.79. The summed E-state index contributed by atoms with van der Waals surface area (Å²) in [6, 6.07) is 6.33. The fraction of sp³-hybridized carbons (Fsp3) is 0.667. The van der Waals surface area contributed by atoms with E-state index in [9.17, 15) is 0 Å². The molecule has 29 heavy (non-hydrogen) atoms. The van der Waals surface area contributed by atoms with Crippen molar-refractivity contribution in [2.75, 3.05) is 59.7 Å². The van der Waals surface area contributed by atoms with E-state index < -0.39 is 0 Å². The fourth-order valence-corrected chi connectivity index (χ4v) is 3.46. The molecule has 8 heteroatoms. The normalized spacial score (nSPS) is 20.2. The second-order valence-electron chi connectivity index (χ2n) is 7.36. The number of morpholine rings is 1. The van der Waals surface area contributed by atoms with Crippen LogP contribution < -0.4 is 15.4 Å². The third-order valence-electron chi connectivity index (χ3n) is 5.17. The summed E-state index contributed by atoms with van der Waals surface area (Å²) in [4.78, 5) is 6.74. The molecule has 0 aromatic heterocycles.